The second-order valence-electron chi connectivity index (χ2n) is 11.1. The zero-order valence-electron chi connectivity index (χ0n) is 25.8. The molecule has 12 nitrogen and oxygen atoms in total. The van der Waals surface area contributed by atoms with Gasteiger partial charge in [0.05, 0.1) is 5.54 Å². The van der Waals surface area contributed by atoms with E-state index in [2.05, 4.69) is 46.5 Å². The Kier molecular flexibility index (Phi) is 11.5. The molecule has 3 aromatic rings. The lowest BCUT2D eigenvalue weighted by molar-refractivity contribution is -0.247. The fraction of sp³-hybridized carbons (Fsp3) is 0.419. The summed E-state index contributed by atoms with van der Waals surface area (Å²) in [5.74, 6) is 0. The highest BCUT2D eigenvalue weighted by molar-refractivity contribution is 7.56. The SMILES string of the molecule is CC(O)N(NP(N)(=O)N(N1CCN(C(c2ccccc2)(c2ccccc2)c2ccccc2)CC1)N(C(C)O)C(C)O)C(C)O. The summed E-state index contributed by atoms with van der Waals surface area (Å²) >= 11 is 0. The van der Waals surface area contributed by atoms with Gasteiger partial charge in [-0.2, -0.15) is 15.2 Å². The number of hydrogen-bond donors (Lipinski definition) is 6. The molecule has 3 aromatic carbocycles. The van der Waals surface area contributed by atoms with Crippen molar-refractivity contribution in [2.24, 2.45) is 5.50 Å². The van der Waals surface area contributed by atoms with Gasteiger partial charge in [0.15, 0.2) is 0 Å². The average Bonchev–Trinajstić information content (AvgIpc) is 3.00. The lowest BCUT2D eigenvalue weighted by Gasteiger charge is -2.53. The fourth-order valence-corrected chi connectivity index (χ4v) is 7.98. The Balaban J connectivity index is 1.77. The van der Waals surface area contributed by atoms with Gasteiger partial charge in [-0.3, -0.25) is 15.0 Å². The van der Waals surface area contributed by atoms with Gasteiger partial charge >= 0.3 is 7.59 Å². The van der Waals surface area contributed by atoms with Gasteiger partial charge in [-0.15, -0.1) is 0 Å². The van der Waals surface area contributed by atoms with Crippen molar-refractivity contribution in [3.8, 4) is 0 Å². The largest absolute Gasteiger partial charge is 0.377 e. The molecule has 0 aromatic heterocycles. The van der Waals surface area contributed by atoms with Crippen molar-refractivity contribution in [3.63, 3.8) is 0 Å². The number of benzene rings is 3. The number of nitrogens with one attached hydrogen (secondary N) is 1. The van der Waals surface area contributed by atoms with Crippen LogP contribution in [-0.4, -0.2) is 96.3 Å². The Morgan fingerprint density at radius 3 is 1.36 bits per heavy atom. The third-order valence-electron chi connectivity index (χ3n) is 7.86. The van der Waals surface area contributed by atoms with Crippen LogP contribution in [0, 0.1) is 0 Å². The van der Waals surface area contributed by atoms with Crippen LogP contribution in [0.15, 0.2) is 91.0 Å². The third kappa shape index (κ3) is 7.13. The minimum absolute atomic E-state index is 0.316. The van der Waals surface area contributed by atoms with E-state index in [1.54, 1.807) is 5.01 Å². The normalized spacial score (nSPS) is 19.5. The van der Waals surface area contributed by atoms with E-state index in [9.17, 15) is 25.0 Å². The number of nitrogens with zero attached hydrogens (tertiary/aromatic N) is 5. The van der Waals surface area contributed by atoms with Crippen molar-refractivity contribution < 1.29 is 25.0 Å². The lowest BCUT2D eigenvalue weighted by atomic mass is 9.75. The van der Waals surface area contributed by atoms with Crippen LogP contribution in [0.3, 0.4) is 0 Å². The Morgan fingerprint density at radius 1 is 0.682 bits per heavy atom. The second kappa shape index (κ2) is 14.7. The maximum Gasteiger partial charge on any atom is 0.320 e. The van der Waals surface area contributed by atoms with Crippen LogP contribution in [0.4, 0.5) is 0 Å². The quantitative estimate of drug-likeness (QED) is 0.0714. The monoisotopic (exact) mass is 627 g/mol. The van der Waals surface area contributed by atoms with E-state index < -0.39 is 38.0 Å². The van der Waals surface area contributed by atoms with Crippen LogP contribution in [0.2, 0.25) is 0 Å². The van der Waals surface area contributed by atoms with Gasteiger partial charge in [0.1, 0.15) is 24.9 Å². The van der Waals surface area contributed by atoms with Gasteiger partial charge in [-0.25, -0.2) is 5.01 Å². The molecule has 5 atom stereocenters. The molecule has 1 aliphatic heterocycles. The number of nitrogens with two attached hydrogens (primary N) is 1. The summed E-state index contributed by atoms with van der Waals surface area (Å²) < 4.78 is 14.2. The van der Waals surface area contributed by atoms with Crippen LogP contribution >= 0.6 is 7.59 Å². The van der Waals surface area contributed by atoms with Crippen LogP contribution < -0.4 is 10.7 Å². The Labute approximate surface area is 260 Å². The number of rotatable bonds is 13. The molecule has 7 N–H and O–H groups in total. The molecule has 0 aliphatic carbocycles. The van der Waals surface area contributed by atoms with Gasteiger partial charge < -0.3 is 20.4 Å². The second-order valence-corrected chi connectivity index (χ2v) is 12.9. The highest BCUT2D eigenvalue weighted by atomic mass is 31.2. The molecular formula is C31H46N7O5P. The summed E-state index contributed by atoms with van der Waals surface area (Å²) in [6.07, 6.45) is -5.06. The Hall–Kier alpha value is -2.55. The molecular weight excluding hydrogens is 581 g/mol. The van der Waals surface area contributed by atoms with Crippen LogP contribution in [-0.2, 0) is 10.1 Å². The van der Waals surface area contributed by atoms with E-state index in [4.69, 9.17) is 5.50 Å². The molecule has 1 heterocycles. The summed E-state index contributed by atoms with van der Waals surface area (Å²) in [7, 11) is -4.23. The summed E-state index contributed by atoms with van der Waals surface area (Å²) in [6.45, 7) is 7.25. The average molecular weight is 628 g/mol. The van der Waals surface area contributed by atoms with Gasteiger partial charge in [-0.1, -0.05) is 95.9 Å². The maximum atomic E-state index is 14.2. The molecule has 4 rings (SSSR count). The van der Waals surface area contributed by atoms with Crippen molar-refractivity contribution in [2.45, 2.75) is 58.1 Å². The highest BCUT2D eigenvalue weighted by Gasteiger charge is 2.47. The first-order chi connectivity index (χ1) is 20.9. The molecule has 0 bridgehead atoms. The number of piperazine rings is 1. The predicted octanol–water partition coefficient (Wildman–Crippen LogP) is 2.26. The molecule has 13 heteroatoms. The van der Waals surface area contributed by atoms with Gasteiger partial charge in [0, 0.05) is 26.2 Å². The standard InChI is InChI=1S/C31H46N7O5P/c1-24(39)36(25(2)40)33-44(32,43)38(37(26(3)41)27(4)42)35-22-20-34(21-23-35)31(28-14-8-5-9-15-28,29-16-10-6-11-17-29)30-18-12-7-13-19-30/h5-19,24-27,39-42H,20-23H2,1-4H3,(H3,32,33,43). The van der Waals surface area contributed by atoms with Gasteiger partial charge in [0.25, 0.3) is 0 Å². The topological polar surface area (TPSA) is 152 Å². The van der Waals surface area contributed by atoms with Crippen LogP contribution in [0.25, 0.3) is 0 Å². The predicted molar refractivity (Wildman–Crippen MR) is 170 cm³/mol. The van der Waals surface area contributed by atoms with Crippen molar-refractivity contribution in [2.75, 3.05) is 26.2 Å². The molecule has 0 amide bonds. The summed E-state index contributed by atoms with van der Waals surface area (Å²) in [6, 6.07) is 30.9. The van der Waals surface area contributed by atoms with Crippen molar-refractivity contribution in [1.29, 1.82) is 0 Å². The highest BCUT2D eigenvalue weighted by Crippen LogP contribution is 2.45. The first-order valence-electron chi connectivity index (χ1n) is 14.8. The van der Waals surface area contributed by atoms with Crippen molar-refractivity contribution in [3.05, 3.63) is 108 Å². The van der Waals surface area contributed by atoms with E-state index >= 15 is 0 Å². The zero-order chi connectivity index (χ0) is 32.1. The molecule has 1 saturated heterocycles. The smallest absolute Gasteiger partial charge is 0.320 e. The molecule has 1 aliphatic rings. The van der Waals surface area contributed by atoms with Crippen molar-refractivity contribution in [1.82, 2.24) is 30.0 Å². The molecule has 0 radical (unpaired) electrons. The summed E-state index contributed by atoms with van der Waals surface area (Å²) in [5, 5.41) is 48.2. The molecule has 0 spiro atoms. The van der Waals surface area contributed by atoms with Crippen LogP contribution in [0.1, 0.15) is 44.4 Å². The first-order valence-corrected chi connectivity index (χ1v) is 16.6. The number of hydrazine groups is 3. The number of aliphatic hydroxyl groups excluding tert-OH is 4. The lowest BCUT2D eigenvalue weighted by Crippen LogP contribution is -2.66. The molecule has 1 fully saturated rings. The Morgan fingerprint density at radius 2 is 1.05 bits per heavy atom. The van der Waals surface area contributed by atoms with E-state index in [0.717, 1.165) is 31.6 Å². The van der Waals surface area contributed by atoms with Crippen LogP contribution in [0.5, 0.6) is 0 Å². The fourth-order valence-electron chi connectivity index (χ4n) is 6.08. The van der Waals surface area contributed by atoms with Gasteiger partial charge in [0.2, 0.25) is 0 Å². The molecule has 44 heavy (non-hydrogen) atoms. The first kappa shape index (κ1) is 34.3. The van der Waals surface area contributed by atoms with Crippen molar-refractivity contribution >= 4 is 7.59 Å². The minimum atomic E-state index is -4.23. The zero-order valence-corrected chi connectivity index (χ0v) is 26.7. The Bertz CT molecular complexity index is 1230. The molecule has 0 saturated carbocycles. The van der Waals surface area contributed by atoms with E-state index in [1.807, 2.05) is 54.6 Å². The van der Waals surface area contributed by atoms with Gasteiger partial charge in [-0.05, 0) is 44.4 Å². The molecule has 5 unspecified atom stereocenters. The number of aliphatic hydroxyl groups is 4. The molecule has 240 valence electrons. The minimum Gasteiger partial charge on any atom is -0.377 e. The van der Waals surface area contributed by atoms with E-state index in [1.165, 1.54) is 27.7 Å². The summed E-state index contributed by atoms with van der Waals surface area (Å²) in [5.41, 5.74) is 9.04. The van der Waals surface area contributed by atoms with E-state index in [0.29, 0.717) is 26.2 Å². The number of hydrogen-bond acceptors (Lipinski definition) is 9. The summed E-state index contributed by atoms with van der Waals surface area (Å²) in [4.78, 5) is 3.54. The van der Waals surface area contributed by atoms with E-state index in [-0.39, 0.29) is 0 Å². The third-order valence-corrected chi connectivity index (χ3v) is 9.37. The maximum absolute atomic E-state index is 14.2.